The van der Waals surface area contributed by atoms with Crippen LogP contribution in [0.4, 0.5) is 0 Å². The molecular weight excluding hydrogens is 242 g/mol. The van der Waals surface area contributed by atoms with Gasteiger partial charge >= 0.3 is 83.3 Å². The van der Waals surface area contributed by atoms with Crippen molar-refractivity contribution in [2.75, 3.05) is 7.05 Å². The minimum atomic E-state index is -0.396. The Morgan fingerprint density at radius 1 is 1.83 bits per heavy atom. The Labute approximate surface area is 83.5 Å². The number of nitro groups is 1. The number of hydrogen-bond acceptors (Lipinski definition) is 3. The van der Waals surface area contributed by atoms with E-state index in [9.17, 15) is 10.1 Å². The van der Waals surface area contributed by atoms with Gasteiger partial charge in [-0.2, -0.15) is 0 Å². The van der Waals surface area contributed by atoms with Gasteiger partial charge in [-0.05, 0) is 0 Å². The number of likely N-dealkylation sites (N-methyl/N-ethyl adjacent to an activating group) is 1. The topological polar surface area (TPSA) is 46.4 Å². The molecule has 0 N–H and O–H groups in total. The molecule has 0 aromatic rings. The van der Waals surface area contributed by atoms with E-state index in [-0.39, 0.29) is 11.2 Å². The first-order valence-electron chi connectivity index (χ1n) is 3.23. The van der Waals surface area contributed by atoms with Crippen molar-refractivity contribution in [1.82, 2.24) is 4.90 Å². The second kappa shape index (κ2) is 3.50. The van der Waals surface area contributed by atoms with Crippen molar-refractivity contribution in [3.63, 3.8) is 0 Å². The minimum absolute atomic E-state index is 0.134. The van der Waals surface area contributed by atoms with Crippen molar-refractivity contribution >= 4 is 28.5 Å². The fourth-order valence-corrected chi connectivity index (χ4v) is 1.99. The molecule has 0 amide bonds. The molecule has 0 fully saturated rings. The summed E-state index contributed by atoms with van der Waals surface area (Å²) < 4.78 is 0.648. The summed E-state index contributed by atoms with van der Waals surface area (Å²) in [5, 5.41) is 10.5. The first-order valence-corrected chi connectivity index (χ1v) is 4.88. The number of allylic oxidation sites excluding steroid dienone is 1. The first kappa shape index (κ1) is 9.62. The van der Waals surface area contributed by atoms with Crippen molar-refractivity contribution in [3.8, 4) is 0 Å². The molecule has 1 aliphatic rings. The van der Waals surface area contributed by atoms with Gasteiger partial charge < -0.3 is 0 Å². The second-order valence-electron chi connectivity index (χ2n) is 2.37. The van der Waals surface area contributed by atoms with Gasteiger partial charge in [-0.15, -0.1) is 0 Å². The van der Waals surface area contributed by atoms with Gasteiger partial charge in [0.1, 0.15) is 0 Å². The molecule has 4 nitrogen and oxygen atoms in total. The zero-order valence-corrected chi connectivity index (χ0v) is 9.58. The van der Waals surface area contributed by atoms with Crippen LogP contribution in [0.1, 0.15) is 0 Å². The average molecular weight is 251 g/mol. The van der Waals surface area contributed by atoms with E-state index in [4.69, 9.17) is 11.6 Å². The number of halogens is 1. The van der Waals surface area contributed by atoms with Crippen molar-refractivity contribution < 1.29 is 4.92 Å². The van der Waals surface area contributed by atoms with E-state index < -0.39 is 4.92 Å². The third kappa shape index (κ3) is 1.64. The van der Waals surface area contributed by atoms with Gasteiger partial charge in [-0.1, -0.05) is 0 Å². The SMILES string of the molecule is CN1C([AsH2])=C([N+](=O)[O-])C=CC1Cl. The van der Waals surface area contributed by atoms with Gasteiger partial charge in [-0.3, -0.25) is 0 Å². The summed E-state index contributed by atoms with van der Waals surface area (Å²) in [6.45, 7) is 0. The summed E-state index contributed by atoms with van der Waals surface area (Å²) in [7, 11) is 1.74. The predicted molar refractivity (Wildman–Crippen MR) is 49.1 cm³/mol. The molecule has 2 unspecified atom stereocenters. The van der Waals surface area contributed by atoms with Crippen LogP contribution in [0.3, 0.4) is 0 Å². The predicted octanol–water partition coefficient (Wildman–Crippen LogP) is 0.132. The van der Waals surface area contributed by atoms with E-state index in [2.05, 4.69) is 0 Å². The zero-order chi connectivity index (χ0) is 9.30. The quantitative estimate of drug-likeness (QED) is 0.219. The third-order valence-electron chi connectivity index (χ3n) is 1.62. The van der Waals surface area contributed by atoms with Gasteiger partial charge in [0.25, 0.3) is 0 Å². The van der Waals surface area contributed by atoms with Crippen molar-refractivity contribution in [2.45, 2.75) is 5.50 Å². The number of rotatable bonds is 1. The molecule has 0 saturated carbocycles. The molecule has 66 valence electrons. The molecule has 1 heterocycles. The van der Waals surface area contributed by atoms with Crippen molar-refractivity contribution in [1.29, 1.82) is 0 Å². The van der Waals surface area contributed by atoms with E-state index >= 15 is 0 Å². The zero-order valence-electron chi connectivity index (χ0n) is 6.40. The number of hydrogen-bond donors (Lipinski definition) is 0. The molecule has 0 aliphatic carbocycles. The first-order chi connectivity index (χ1) is 5.54. The van der Waals surface area contributed by atoms with E-state index in [1.165, 1.54) is 22.9 Å². The Balaban J connectivity index is 3.02. The van der Waals surface area contributed by atoms with E-state index in [0.717, 1.165) is 0 Å². The molecule has 0 aromatic heterocycles. The molecule has 0 saturated heterocycles. The number of alkyl halides is 1. The van der Waals surface area contributed by atoms with E-state index in [1.807, 2.05) is 0 Å². The Kier molecular flexibility index (Phi) is 2.80. The molecule has 2 atom stereocenters. The fraction of sp³-hybridized carbons (Fsp3) is 0.333. The molecule has 6 heteroatoms. The normalized spacial score (nSPS) is 23.2. The summed E-state index contributed by atoms with van der Waals surface area (Å²) in [6.07, 6.45) is 3.05. The maximum absolute atomic E-state index is 10.5. The molecular formula is C6H8AsClN2O2. The molecule has 1 aliphatic heterocycles. The van der Waals surface area contributed by atoms with Gasteiger partial charge in [0.15, 0.2) is 0 Å². The summed E-state index contributed by atoms with van der Waals surface area (Å²) in [6, 6.07) is 0. The van der Waals surface area contributed by atoms with Gasteiger partial charge in [0, 0.05) is 0 Å². The van der Waals surface area contributed by atoms with Crippen LogP contribution in [0.5, 0.6) is 0 Å². The van der Waals surface area contributed by atoms with Crippen LogP contribution in [0, 0.1) is 10.1 Å². The van der Waals surface area contributed by atoms with Gasteiger partial charge in [0.2, 0.25) is 0 Å². The van der Waals surface area contributed by atoms with Crippen LogP contribution in [0.15, 0.2) is 22.3 Å². The molecule has 1 rings (SSSR count). The fourth-order valence-electron chi connectivity index (χ4n) is 0.853. The molecule has 0 spiro atoms. The van der Waals surface area contributed by atoms with E-state index in [1.54, 1.807) is 18.0 Å². The maximum atomic E-state index is 10.5. The Morgan fingerprint density at radius 3 is 2.92 bits per heavy atom. The average Bonchev–Trinajstić information content (AvgIpc) is 2.00. The van der Waals surface area contributed by atoms with Gasteiger partial charge in [0.05, 0.1) is 0 Å². The van der Waals surface area contributed by atoms with Gasteiger partial charge in [-0.25, -0.2) is 0 Å². The molecule has 12 heavy (non-hydrogen) atoms. The molecule has 0 bridgehead atoms. The van der Waals surface area contributed by atoms with Crippen molar-refractivity contribution in [2.24, 2.45) is 0 Å². The Morgan fingerprint density at radius 2 is 2.42 bits per heavy atom. The van der Waals surface area contributed by atoms with Crippen molar-refractivity contribution in [3.05, 3.63) is 32.4 Å². The van der Waals surface area contributed by atoms with E-state index in [0.29, 0.717) is 4.48 Å². The van der Waals surface area contributed by atoms with Crippen LogP contribution < -0.4 is 0 Å². The summed E-state index contributed by atoms with van der Waals surface area (Å²) in [4.78, 5) is 11.7. The number of nitrogens with zero attached hydrogens (tertiary/aromatic N) is 2. The summed E-state index contributed by atoms with van der Waals surface area (Å²) >= 11 is 7.03. The molecule has 0 radical (unpaired) electrons. The standard InChI is InChI=1S/C6H8AsClN2O2/c1-9-5(8)3-2-4(6(9)7)10(11)12/h2-3,5H,7H2,1H3. The van der Waals surface area contributed by atoms with Crippen LogP contribution in [-0.2, 0) is 0 Å². The molecule has 0 aromatic carbocycles. The summed E-state index contributed by atoms with van der Waals surface area (Å²) in [5.41, 5.74) is -0.134. The van der Waals surface area contributed by atoms with Crippen LogP contribution in [-0.4, -0.2) is 39.2 Å². The Bertz CT molecular complexity index is 277. The monoisotopic (exact) mass is 250 g/mol. The van der Waals surface area contributed by atoms with Crippen LogP contribution in [0.25, 0.3) is 0 Å². The Hall–Kier alpha value is -0.472. The van der Waals surface area contributed by atoms with Crippen LogP contribution in [0.2, 0.25) is 0 Å². The van der Waals surface area contributed by atoms with Crippen LogP contribution >= 0.6 is 11.6 Å². The summed E-state index contributed by atoms with van der Waals surface area (Å²) in [5.74, 6) is 0. The second-order valence-corrected chi connectivity index (χ2v) is 3.96. The third-order valence-corrected chi connectivity index (χ3v) is 3.54.